The van der Waals surface area contributed by atoms with E-state index >= 15 is 0 Å². The van der Waals surface area contributed by atoms with Crippen LogP contribution >= 0.6 is 0 Å². The Morgan fingerprint density at radius 2 is 1.89 bits per heavy atom. The average Bonchev–Trinajstić information content (AvgIpc) is 2.65. The van der Waals surface area contributed by atoms with Crippen molar-refractivity contribution in [3.05, 3.63) is 0 Å². The molecule has 0 spiro atoms. The average molecular weight is 253 g/mol. The van der Waals surface area contributed by atoms with Crippen molar-refractivity contribution in [2.75, 3.05) is 46.3 Å². The fourth-order valence-corrected chi connectivity index (χ4v) is 3.12. The zero-order valence-corrected chi connectivity index (χ0v) is 11.7. The Bertz CT molecular complexity index is 262. The van der Waals surface area contributed by atoms with Crippen LogP contribution in [-0.4, -0.2) is 62.0 Å². The topological polar surface area (TPSA) is 35.6 Å². The number of hydrogen-bond acceptors (Lipinski definition) is 3. The van der Waals surface area contributed by atoms with Gasteiger partial charge in [0.1, 0.15) is 0 Å². The Hall–Kier alpha value is -0.610. The summed E-state index contributed by atoms with van der Waals surface area (Å²) < 4.78 is 0. The minimum absolute atomic E-state index is 0.349. The van der Waals surface area contributed by atoms with E-state index < -0.39 is 0 Å². The molecule has 0 aromatic heterocycles. The van der Waals surface area contributed by atoms with Crippen LogP contribution in [0.3, 0.4) is 0 Å². The summed E-state index contributed by atoms with van der Waals surface area (Å²) in [5.74, 6) is 1.08. The van der Waals surface area contributed by atoms with Crippen molar-refractivity contribution in [3.63, 3.8) is 0 Å². The smallest absolute Gasteiger partial charge is 0.236 e. The Morgan fingerprint density at radius 3 is 2.56 bits per heavy atom. The van der Waals surface area contributed by atoms with Gasteiger partial charge < -0.3 is 10.2 Å². The molecule has 104 valence electrons. The Kier molecular flexibility index (Phi) is 5.45. The summed E-state index contributed by atoms with van der Waals surface area (Å²) in [6, 6.07) is 0. The lowest BCUT2D eigenvalue weighted by molar-refractivity contribution is -0.132. The number of carbonyl (C=O) groups excluding carboxylic acids is 1. The summed E-state index contributed by atoms with van der Waals surface area (Å²) in [5, 5.41) is 3.23. The van der Waals surface area contributed by atoms with Crippen LogP contribution in [0.2, 0.25) is 0 Å². The summed E-state index contributed by atoms with van der Waals surface area (Å²) >= 11 is 0. The highest BCUT2D eigenvalue weighted by molar-refractivity contribution is 5.78. The molecule has 4 nitrogen and oxygen atoms in total. The van der Waals surface area contributed by atoms with Crippen molar-refractivity contribution in [1.29, 1.82) is 0 Å². The molecule has 1 N–H and O–H groups in total. The molecule has 0 bridgehead atoms. The standard InChI is InChI=1S/C14H27N3O/c1-15-10-13-6-9-16(11-13)12-14(18)17-7-4-2-3-5-8-17/h13,15H,2-12H2,1H3. The van der Waals surface area contributed by atoms with Gasteiger partial charge in [0.25, 0.3) is 0 Å². The van der Waals surface area contributed by atoms with Crippen molar-refractivity contribution in [1.82, 2.24) is 15.1 Å². The van der Waals surface area contributed by atoms with Crippen LogP contribution in [0.5, 0.6) is 0 Å². The largest absolute Gasteiger partial charge is 0.342 e. The van der Waals surface area contributed by atoms with Gasteiger partial charge in [-0.15, -0.1) is 0 Å². The Morgan fingerprint density at radius 1 is 1.17 bits per heavy atom. The van der Waals surface area contributed by atoms with Crippen LogP contribution in [0.4, 0.5) is 0 Å². The molecule has 1 atom stereocenters. The van der Waals surface area contributed by atoms with E-state index in [0.29, 0.717) is 12.5 Å². The first-order chi connectivity index (χ1) is 8.79. The minimum Gasteiger partial charge on any atom is -0.342 e. The van der Waals surface area contributed by atoms with Crippen LogP contribution in [0.25, 0.3) is 0 Å². The number of nitrogens with one attached hydrogen (secondary N) is 1. The maximum atomic E-state index is 12.2. The number of carbonyl (C=O) groups is 1. The summed E-state index contributed by atoms with van der Waals surface area (Å²) in [7, 11) is 2.01. The highest BCUT2D eigenvalue weighted by atomic mass is 16.2. The van der Waals surface area contributed by atoms with Crippen molar-refractivity contribution in [2.45, 2.75) is 32.1 Å². The number of amides is 1. The van der Waals surface area contributed by atoms with Crippen molar-refractivity contribution in [2.24, 2.45) is 5.92 Å². The van der Waals surface area contributed by atoms with Crippen LogP contribution in [0.15, 0.2) is 0 Å². The van der Waals surface area contributed by atoms with E-state index in [1.54, 1.807) is 0 Å². The van der Waals surface area contributed by atoms with Gasteiger partial charge in [0.2, 0.25) is 5.91 Å². The molecule has 2 saturated heterocycles. The van der Waals surface area contributed by atoms with Gasteiger partial charge in [0.05, 0.1) is 6.54 Å². The third kappa shape index (κ3) is 3.95. The molecule has 0 saturated carbocycles. The minimum atomic E-state index is 0.349. The number of hydrogen-bond donors (Lipinski definition) is 1. The maximum absolute atomic E-state index is 12.2. The molecule has 0 aliphatic carbocycles. The van der Waals surface area contributed by atoms with Gasteiger partial charge in [-0.1, -0.05) is 12.8 Å². The molecule has 4 heteroatoms. The molecule has 2 rings (SSSR count). The van der Waals surface area contributed by atoms with E-state index in [2.05, 4.69) is 15.1 Å². The zero-order chi connectivity index (χ0) is 12.8. The van der Waals surface area contributed by atoms with Crippen LogP contribution in [-0.2, 0) is 4.79 Å². The molecule has 0 aromatic carbocycles. The van der Waals surface area contributed by atoms with Gasteiger partial charge in [-0.05, 0) is 45.3 Å². The van der Waals surface area contributed by atoms with Crippen LogP contribution < -0.4 is 5.32 Å². The number of nitrogens with zero attached hydrogens (tertiary/aromatic N) is 2. The second kappa shape index (κ2) is 7.10. The van der Waals surface area contributed by atoms with Gasteiger partial charge in [-0.2, -0.15) is 0 Å². The van der Waals surface area contributed by atoms with E-state index in [4.69, 9.17) is 0 Å². The molecule has 1 amide bonds. The van der Waals surface area contributed by atoms with Gasteiger partial charge in [0.15, 0.2) is 0 Å². The molecule has 2 heterocycles. The van der Waals surface area contributed by atoms with Gasteiger partial charge >= 0.3 is 0 Å². The molecule has 0 radical (unpaired) electrons. The Labute approximate surface area is 111 Å². The van der Waals surface area contributed by atoms with Crippen LogP contribution in [0, 0.1) is 5.92 Å². The summed E-state index contributed by atoms with van der Waals surface area (Å²) in [5.41, 5.74) is 0. The van der Waals surface area contributed by atoms with E-state index in [9.17, 15) is 4.79 Å². The number of rotatable bonds is 4. The van der Waals surface area contributed by atoms with Crippen molar-refractivity contribution < 1.29 is 4.79 Å². The summed E-state index contributed by atoms with van der Waals surface area (Å²) in [6.07, 6.45) is 6.19. The molecule has 1 unspecified atom stereocenters. The second-order valence-electron chi connectivity index (χ2n) is 5.74. The third-order valence-electron chi connectivity index (χ3n) is 4.18. The molecular weight excluding hydrogens is 226 g/mol. The first-order valence-corrected chi connectivity index (χ1v) is 7.44. The zero-order valence-electron chi connectivity index (χ0n) is 11.7. The van der Waals surface area contributed by atoms with E-state index in [-0.39, 0.29) is 0 Å². The van der Waals surface area contributed by atoms with E-state index in [1.165, 1.54) is 32.1 Å². The monoisotopic (exact) mass is 253 g/mol. The van der Waals surface area contributed by atoms with Crippen molar-refractivity contribution in [3.8, 4) is 0 Å². The molecular formula is C14H27N3O. The Balaban J connectivity index is 1.73. The van der Waals surface area contributed by atoms with Gasteiger partial charge in [0, 0.05) is 19.6 Å². The van der Waals surface area contributed by atoms with Gasteiger partial charge in [-0.3, -0.25) is 9.69 Å². The molecule has 18 heavy (non-hydrogen) atoms. The molecule has 2 aliphatic rings. The fraction of sp³-hybridized carbons (Fsp3) is 0.929. The second-order valence-corrected chi connectivity index (χ2v) is 5.74. The quantitative estimate of drug-likeness (QED) is 0.809. The fourth-order valence-electron chi connectivity index (χ4n) is 3.12. The lowest BCUT2D eigenvalue weighted by atomic mass is 10.1. The molecule has 0 aromatic rings. The third-order valence-corrected chi connectivity index (χ3v) is 4.18. The predicted octanol–water partition coefficient (Wildman–Crippen LogP) is 0.930. The predicted molar refractivity (Wildman–Crippen MR) is 73.5 cm³/mol. The summed E-state index contributed by atoms with van der Waals surface area (Å²) in [6.45, 7) is 5.85. The van der Waals surface area contributed by atoms with Crippen LogP contribution in [0.1, 0.15) is 32.1 Å². The normalized spacial score (nSPS) is 26.3. The first kappa shape index (κ1) is 13.8. The summed E-state index contributed by atoms with van der Waals surface area (Å²) in [4.78, 5) is 16.7. The van der Waals surface area contributed by atoms with Gasteiger partial charge in [-0.25, -0.2) is 0 Å². The highest BCUT2D eigenvalue weighted by Crippen LogP contribution is 2.16. The maximum Gasteiger partial charge on any atom is 0.236 e. The van der Waals surface area contributed by atoms with E-state index in [0.717, 1.165) is 38.6 Å². The number of likely N-dealkylation sites (tertiary alicyclic amines) is 2. The highest BCUT2D eigenvalue weighted by Gasteiger charge is 2.25. The van der Waals surface area contributed by atoms with Crippen molar-refractivity contribution >= 4 is 5.91 Å². The first-order valence-electron chi connectivity index (χ1n) is 7.44. The van der Waals surface area contributed by atoms with E-state index in [1.807, 2.05) is 7.05 Å². The lowest BCUT2D eigenvalue weighted by Gasteiger charge is -2.24. The molecule has 2 fully saturated rings. The SMILES string of the molecule is CNCC1CCN(CC(=O)N2CCCCCC2)C1. The molecule has 2 aliphatic heterocycles. The lowest BCUT2D eigenvalue weighted by Crippen LogP contribution is -2.40.